The molecule has 0 bridgehead atoms. The summed E-state index contributed by atoms with van der Waals surface area (Å²) in [5.41, 5.74) is 2.68. The van der Waals surface area contributed by atoms with Crippen LogP contribution < -0.4 is 15.5 Å². The molecule has 30 heavy (non-hydrogen) atoms. The molecule has 3 amide bonds. The third kappa shape index (κ3) is 4.21. The summed E-state index contributed by atoms with van der Waals surface area (Å²) in [7, 11) is 0. The van der Waals surface area contributed by atoms with E-state index in [0.717, 1.165) is 34.9 Å². The van der Waals surface area contributed by atoms with E-state index in [1.54, 1.807) is 21.3 Å². The van der Waals surface area contributed by atoms with Gasteiger partial charge in [0.1, 0.15) is 12.4 Å². The van der Waals surface area contributed by atoms with Crippen LogP contribution in [0.25, 0.3) is 0 Å². The zero-order chi connectivity index (χ0) is 21.1. The second kappa shape index (κ2) is 8.91. The molecule has 0 aliphatic carbocycles. The lowest BCUT2D eigenvalue weighted by Gasteiger charge is -2.17. The summed E-state index contributed by atoms with van der Waals surface area (Å²) in [6, 6.07) is 9.38. The highest BCUT2D eigenvalue weighted by Crippen LogP contribution is 2.35. The van der Waals surface area contributed by atoms with E-state index in [2.05, 4.69) is 15.7 Å². The predicted octanol–water partition coefficient (Wildman–Crippen LogP) is 2.15. The molecule has 9 heteroatoms. The van der Waals surface area contributed by atoms with Crippen LogP contribution in [0, 0.1) is 5.92 Å². The number of hydrogen-bond acceptors (Lipinski definition) is 5. The minimum atomic E-state index is -0.445. The SMILES string of the molecule is CCCNC(=O)Cn1nc2c(c1NC(=O)C1CC(=O)N(c3ccccc3)C1)CSC2. The lowest BCUT2D eigenvalue weighted by molar-refractivity contribution is -0.122. The number of aromatic nitrogens is 2. The molecule has 8 nitrogen and oxygen atoms in total. The molecule has 1 atom stereocenters. The summed E-state index contributed by atoms with van der Waals surface area (Å²) in [5, 5.41) is 10.4. The zero-order valence-corrected chi connectivity index (χ0v) is 17.7. The summed E-state index contributed by atoms with van der Waals surface area (Å²) in [6.07, 6.45) is 1.03. The van der Waals surface area contributed by atoms with E-state index in [9.17, 15) is 14.4 Å². The molecule has 0 saturated carbocycles. The normalized spacial score (nSPS) is 17.8. The van der Waals surface area contributed by atoms with Crippen molar-refractivity contribution in [1.82, 2.24) is 15.1 Å². The number of anilines is 2. The summed E-state index contributed by atoms with van der Waals surface area (Å²) < 4.78 is 1.58. The molecule has 2 aromatic rings. The van der Waals surface area contributed by atoms with E-state index in [4.69, 9.17) is 0 Å². The van der Waals surface area contributed by atoms with E-state index in [1.165, 1.54) is 0 Å². The molecule has 1 saturated heterocycles. The highest BCUT2D eigenvalue weighted by Gasteiger charge is 2.36. The lowest BCUT2D eigenvalue weighted by atomic mass is 10.1. The largest absolute Gasteiger partial charge is 0.355 e. The van der Waals surface area contributed by atoms with Crippen molar-refractivity contribution in [3.8, 4) is 0 Å². The molecule has 4 rings (SSSR count). The van der Waals surface area contributed by atoms with Gasteiger partial charge in [0.05, 0.1) is 11.6 Å². The first-order valence-electron chi connectivity index (χ1n) is 10.2. The van der Waals surface area contributed by atoms with Crippen molar-refractivity contribution in [3.05, 3.63) is 41.6 Å². The van der Waals surface area contributed by atoms with Crippen LogP contribution in [0.2, 0.25) is 0 Å². The molecule has 158 valence electrons. The van der Waals surface area contributed by atoms with Crippen molar-refractivity contribution < 1.29 is 14.4 Å². The second-order valence-electron chi connectivity index (χ2n) is 7.50. The van der Waals surface area contributed by atoms with Crippen LogP contribution in [0.3, 0.4) is 0 Å². The fourth-order valence-electron chi connectivity index (χ4n) is 3.74. The average Bonchev–Trinajstić information content (AvgIpc) is 3.43. The average molecular weight is 428 g/mol. The van der Waals surface area contributed by atoms with Gasteiger partial charge in [0.15, 0.2) is 0 Å². The Balaban J connectivity index is 1.48. The van der Waals surface area contributed by atoms with Gasteiger partial charge in [-0.05, 0) is 18.6 Å². The van der Waals surface area contributed by atoms with Gasteiger partial charge in [-0.3, -0.25) is 14.4 Å². The fraction of sp³-hybridized carbons (Fsp3) is 0.429. The zero-order valence-electron chi connectivity index (χ0n) is 16.9. The first-order valence-corrected chi connectivity index (χ1v) is 11.3. The van der Waals surface area contributed by atoms with Crippen LogP contribution in [-0.4, -0.2) is 40.6 Å². The third-order valence-electron chi connectivity index (χ3n) is 5.29. The van der Waals surface area contributed by atoms with Crippen LogP contribution in [0.4, 0.5) is 11.5 Å². The van der Waals surface area contributed by atoms with Crippen molar-refractivity contribution in [1.29, 1.82) is 0 Å². The predicted molar refractivity (Wildman–Crippen MR) is 116 cm³/mol. The molecule has 1 aromatic heterocycles. The van der Waals surface area contributed by atoms with Gasteiger partial charge in [0.25, 0.3) is 0 Å². The highest BCUT2D eigenvalue weighted by atomic mass is 32.2. The van der Waals surface area contributed by atoms with E-state index >= 15 is 0 Å². The van der Waals surface area contributed by atoms with E-state index in [-0.39, 0.29) is 30.7 Å². The van der Waals surface area contributed by atoms with Crippen LogP contribution in [0.15, 0.2) is 30.3 Å². The molecule has 1 fully saturated rings. The Labute approximate surface area is 179 Å². The van der Waals surface area contributed by atoms with Gasteiger partial charge in [0.2, 0.25) is 17.7 Å². The van der Waals surface area contributed by atoms with Crippen molar-refractivity contribution in [2.24, 2.45) is 5.92 Å². The Kier molecular flexibility index (Phi) is 6.08. The first-order chi connectivity index (χ1) is 14.6. The number of hydrogen-bond donors (Lipinski definition) is 2. The van der Waals surface area contributed by atoms with Crippen molar-refractivity contribution in [2.45, 2.75) is 37.8 Å². The van der Waals surface area contributed by atoms with E-state index in [1.807, 2.05) is 37.3 Å². The Morgan fingerprint density at radius 1 is 1.23 bits per heavy atom. The molecule has 2 aliphatic heterocycles. The van der Waals surface area contributed by atoms with Gasteiger partial charge >= 0.3 is 0 Å². The van der Waals surface area contributed by atoms with E-state index < -0.39 is 5.92 Å². The van der Waals surface area contributed by atoms with Crippen molar-refractivity contribution >= 4 is 41.0 Å². The number of amides is 3. The molecule has 1 unspecified atom stereocenters. The smallest absolute Gasteiger partial charge is 0.241 e. The number of nitrogens with one attached hydrogen (secondary N) is 2. The number of carbonyl (C=O) groups is 3. The Morgan fingerprint density at radius 2 is 2.03 bits per heavy atom. The van der Waals surface area contributed by atoms with Gasteiger partial charge in [-0.2, -0.15) is 16.9 Å². The number of nitrogens with zero attached hydrogens (tertiary/aromatic N) is 3. The fourth-order valence-corrected chi connectivity index (χ4v) is 4.77. The molecule has 1 aromatic carbocycles. The monoisotopic (exact) mass is 427 g/mol. The number of thioether (sulfide) groups is 1. The minimum Gasteiger partial charge on any atom is -0.355 e. The maximum atomic E-state index is 13.0. The summed E-state index contributed by atoms with van der Waals surface area (Å²) in [6.45, 7) is 3.01. The van der Waals surface area contributed by atoms with Gasteiger partial charge in [-0.25, -0.2) is 4.68 Å². The molecule has 3 heterocycles. The number of carbonyl (C=O) groups excluding carboxylic acids is 3. The topological polar surface area (TPSA) is 96.3 Å². The van der Waals surface area contributed by atoms with Gasteiger partial charge in [0, 0.05) is 42.3 Å². The van der Waals surface area contributed by atoms with Gasteiger partial charge in [-0.1, -0.05) is 25.1 Å². The maximum absolute atomic E-state index is 13.0. The van der Waals surface area contributed by atoms with Gasteiger partial charge < -0.3 is 15.5 Å². The number of benzene rings is 1. The quantitative estimate of drug-likeness (QED) is 0.706. The summed E-state index contributed by atoms with van der Waals surface area (Å²) in [4.78, 5) is 39.3. The van der Waals surface area contributed by atoms with Crippen LogP contribution >= 0.6 is 11.8 Å². The number of rotatable bonds is 7. The number of para-hydroxylation sites is 1. The van der Waals surface area contributed by atoms with Gasteiger partial charge in [-0.15, -0.1) is 0 Å². The molecular formula is C21H25N5O3S. The Morgan fingerprint density at radius 3 is 2.80 bits per heavy atom. The van der Waals surface area contributed by atoms with E-state index in [0.29, 0.717) is 18.9 Å². The molecule has 0 spiro atoms. The van der Waals surface area contributed by atoms with Crippen LogP contribution in [0.5, 0.6) is 0 Å². The summed E-state index contributed by atoms with van der Waals surface area (Å²) >= 11 is 1.73. The van der Waals surface area contributed by atoms with Crippen molar-refractivity contribution in [2.75, 3.05) is 23.3 Å². The first kappa shape index (κ1) is 20.5. The lowest BCUT2D eigenvalue weighted by Crippen LogP contribution is -2.31. The third-order valence-corrected chi connectivity index (χ3v) is 6.26. The van der Waals surface area contributed by atoms with Crippen LogP contribution in [0.1, 0.15) is 31.0 Å². The Hall–Kier alpha value is -2.81. The maximum Gasteiger partial charge on any atom is 0.241 e. The minimum absolute atomic E-state index is 0.0606. The number of fused-ring (bicyclic) bond motifs is 1. The second-order valence-corrected chi connectivity index (χ2v) is 8.49. The molecule has 2 N–H and O–H groups in total. The highest BCUT2D eigenvalue weighted by molar-refractivity contribution is 7.98. The molecular weight excluding hydrogens is 402 g/mol. The van der Waals surface area contributed by atoms with Crippen LogP contribution in [-0.2, 0) is 32.4 Å². The molecule has 2 aliphatic rings. The summed E-state index contributed by atoms with van der Waals surface area (Å²) in [5.74, 6) is 1.25. The standard InChI is InChI=1S/C21H25N5O3S/c1-2-8-22-18(27)11-26-20(16-12-30-13-17(16)24-26)23-21(29)14-9-19(28)25(10-14)15-6-4-3-5-7-15/h3-7,14H,2,8-13H2,1H3,(H,22,27)(H,23,29). The molecule has 0 radical (unpaired) electrons. The van der Waals surface area contributed by atoms with Crippen molar-refractivity contribution in [3.63, 3.8) is 0 Å². The Bertz CT molecular complexity index is 959.